The van der Waals surface area contributed by atoms with Crippen molar-refractivity contribution >= 4 is 11.6 Å². The molecule has 27 heavy (non-hydrogen) atoms. The number of aryl methyl sites for hydroxylation is 3. The minimum atomic E-state index is -0.104. The first-order valence-electron chi connectivity index (χ1n) is 9.18. The molecule has 0 saturated heterocycles. The monoisotopic (exact) mass is 362 g/mol. The fourth-order valence-corrected chi connectivity index (χ4v) is 3.50. The highest BCUT2D eigenvalue weighted by molar-refractivity contribution is 6.04. The summed E-state index contributed by atoms with van der Waals surface area (Å²) < 4.78 is 10.9. The van der Waals surface area contributed by atoms with Crippen LogP contribution >= 0.6 is 0 Å². The zero-order chi connectivity index (χ0) is 18.8. The van der Waals surface area contributed by atoms with Crippen molar-refractivity contribution in [2.24, 2.45) is 0 Å². The lowest BCUT2D eigenvalue weighted by Crippen LogP contribution is -2.13. The molecule has 0 aliphatic heterocycles. The Morgan fingerprint density at radius 2 is 1.96 bits per heavy atom. The van der Waals surface area contributed by atoms with Crippen molar-refractivity contribution in [2.45, 2.75) is 39.7 Å². The van der Waals surface area contributed by atoms with E-state index in [1.54, 1.807) is 12.1 Å². The number of hydrogen-bond acceptors (Lipinski definition) is 4. The number of hydrogen-bond donors (Lipinski definition) is 1. The summed E-state index contributed by atoms with van der Waals surface area (Å²) in [6.45, 7) is 4.15. The van der Waals surface area contributed by atoms with Gasteiger partial charge < -0.3 is 14.6 Å². The van der Waals surface area contributed by atoms with Crippen LogP contribution in [0, 0.1) is 13.8 Å². The molecule has 5 nitrogen and oxygen atoms in total. The van der Waals surface area contributed by atoms with Crippen LogP contribution in [0.15, 0.2) is 47.0 Å². The number of benzene rings is 2. The van der Waals surface area contributed by atoms with Crippen LogP contribution in [0.2, 0.25) is 0 Å². The van der Waals surface area contributed by atoms with Gasteiger partial charge in [0.15, 0.2) is 0 Å². The Balaban J connectivity index is 1.41. The van der Waals surface area contributed by atoms with Gasteiger partial charge in [0.05, 0.1) is 11.3 Å². The van der Waals surface area contributed by atoms with Crippen molar-refractivity contribution in [1.29, 1.82) is 0 Å². The highest BCUT2D eigenvalue weighted by Crippen LogP contribution is 2.29. The molecule has 0 bridgehead atoms. The van der Waals surface area contributed by atoms with Gasteiger partial charge in [-0.2, -0.15) is 0 Å². The lowest BCUT2D eigenvalue weighted by atomic mass is 10.1. The Morgan fingerprint density at radius 3 is 2.70 bits per heavy atom. The summed E-state index contributed by atoms with van der Waals surface area (Å²) in [6.07, 6.45) is 3.27. The summed E-state index contributed by atoms with van der Waals surface area (Å²) >= 11 is 0. The van der Waals surface area contributed by atoms with E-state index >= 15 is 0 Å². The summed E-state index contributed by atoms with van der Waals surface area (Å²) in [5.74, 6) is 1.36. The predicted octanol–water partition coefficient (Wildman–Crippen LogP) is 4.61. The van der Waals surface area contributed by atoms with Crippen LogP contribution in [-0.4, -0.2) is 11.1 Å². The van der Waals surface area contributed by atoms with Crippen LogP contribution in [0.1, 0.15) is 44.9 Å². The number of carbonyl (C=O) groups excluding carboxylic acids is 1. The van der Waals surface area contributed by atoms with Gasteiger partial charge >= 0.3 is 0 Å². The van der Waals surface area contributed by atoms with E-state index in [0.29, 0.717) is 17.9 Å². The van der Waals surface area contributed by atoms with Crippen molar-refractivity contribution in [2.75, 3.05) is 5.32 Å². The number of rotatable bonds is 5. The van der Waals surface area contributed by atoms with Gasteiger partial charge in [0.25, 0.3) is 5.91 Å². The normalized spacial score (nSPS) is 12.7. The fraction of sp³-hybridized carbons (Fsp3) is 0.273. The van der Waals surface area contributed by atoms with Gasteiger partial charge in [-0.15, -0.1) is 0 Å². The van der Waals surface area contributed by atoms with Crippen LogP contribution in [-0.2, 0) is 19.4 Å². The summed E-state index contributed by atoms with van der Waals surface area (Å²) in [5.41, 5.74) is 5.93. The first kappa shape index (κ1) is 17.3. The van der Waals surface area contributed by atoms with Crippen molar-refractivity contribution in [3.63, 3.8) is 0 Å². The summed E-state index contributed by atoms with van der Waals surface area (Å²) in [4.78, 5) is 12.6. The van der Waals surface area contributed by atoms with E-state index in [-0.39, 0.29) is 5.91 Å². The average Bonchev–Trinajstić information content (AvgIpc) is 3.28. The van der Waals surface area contributed by atoms with Crippen molar-refractivity contribution < 1.29 is 14.1 Å². The third kappa shape index (κ3) is 3.58. The molecule has 0 radical (unpaired) electrons. The number of anilines is 1. The Labute approximate surface area is 158 Å². The van der Waals surface area contributed by atoms with E-state index in [1.807, 2.05) is 38.1 Å². The van der Waals surface area contributed by atoms with Crippen molar-refractivity contribution in [1.82, 2.24) is 5.16 Å². The van der Waals surface area contributed by atoms with Crippen LogP contribution in [0.4, 0.5) is 5.69 Å². The van der Waals surface area contributed by atoms with Crippen LogP contribution < -0.4 is 10.1 Å². The standard InChI is InChI=1S/C22H22N2O3/c1-14-20(15(2)27-24-14)13-26-18-11-9-17(10-12-18)22(25)23-21-8-4-6-16-5-3-7-19(16)21/h4,6,8-12H,3,5,7,13H2,1-2H3,(H,23,25). The summed E-state index contributed by atoms with van der Waals surface area (Å²) in [6, 6.07) is 13.3. The molecule has 0 spiro atoms. The van der Waals surface area contributed by atoms with Crippen molar-refractivity contribution in [3.05, 3.63) is 76.2 Å². The molecule has 0 unspecified atom stereocenters. The minimum absolute atomic E-state index is 0.104. The molecule has 3 aromatic rings. The van der Waals surface area contributed by atoms with Gasteiger partial charge in [-0.05, 0) is 74.6 Å². The maximum absolute atomic E-state index is 12.6. The molecule has 5 heteroatoms. The SMILES string of the molecule is Cc1noc(C)c1COc1ccc(C(=O)Nc2cccc3c2CCC3)cc1. The second-order valence-electron chi connectivity index (χ2n) is 6.87. The maximum Gasteiger partial charge on any atom is 0.255 e. The second-order valence-corrected chi connectivity index (χ2v) is 6.87. The lowest BCUT2D eigenvalue weighted by Gasteiger charge is -2.11. The molecule has 1 aliphatic rings. The molecule has 1 N–H and O–H groups in total. The molecule has 0 fully saturated rings. The Morgan fingerprint density at radius 1 is 1.15 bits per heavy atom. The molecule has 1 heterocycles. The predicted molar refractivity (Wildman–Crippen MR) is 103 cm³/mol. The first-order valence-corrected chi connectivity index (χ1v) is 9.18. The van der Waals surface area contributed by atoms with Crippen LogP contribution in [0.5, 0.6) is 5.75 Å². The number of nitrogens with one attached hydrogen (secondary N) is 1. The molecule has 1 aliphatic carbocycles. The van der Waals surface area contributed by atoms with Gasteiger partial charge in [0.1, 0.15) is 18.1 Å². The third-order valence-electron chi connectivity index (χ3n) is 5.08. The van der Waals surface area contributed by atoms with Gasteiger partial charge in [-0.1, -0.05) is 17.3 Å². The molecule has 2 aromatic carbocycles. The van der Waals surface area contributed by atoms with E-state index in [1.165, 1.54) is 11.1 Å². The largest absolute Gasteiger partial charge is 0.489 e. The first-order chi connectivity index (χ1) is 13.1. The second kappa shape index (κ2) is 7.27. The number of carbonyl (C=O) groups is 1. The van der Waals surface area contributed by atoms with E-state index < -0.39 is 0 Å². The molecule has 0 atom stereocenters. The van der Waals surface area contributed by atoms with E-state index in [9.17, 15) is 4.79 Å². The Hall–Kier alpha value is -3.08. The highest BCUT2D eigenvalue weighted by Gasteiger charge is 2.16. The summed E-state index contributed by atoms with van der Waals surface area (Å²) in [7, 11) is 0. The van der Waals surface area contributed by atoms with E-state index in [2.05, 4.69) is 16.5 Å². The molecule has 138 valence electrons. The Bertz CT molecular complexity index is 954. The molecule has 0 saturated carbocycles. The topological polar surface area (TPSA) is 64.4 Å². The van der Waals surface area contributed by atoms with E-state index in [0.717, 1.165) is 42.0 Å². The minimum Gasteiger partial charge on any atom is -0.489 e. The van der Waals surface area contributed by atoms with E-state index in [4.69, 9.17) is 9.26 Å². The molecular formula is C22H22N2O3. The van der Waals surface area contributed by atoms with Gasteiger partial charge in [0, 0.05) is 11.3 Å². The lowest BCUT2D eigenvalue weighted by molar-refractivity contribution is 0.102. The zero-order valence-corrected chi connectivity index (χ0v) is 15.5. The zero-order valence-electron chi connectivity index (χ0n) is 15.5. The Kier molecular flexibility index (Phi) is 4.67. The van der Waals surface area contributed by atoms with Gasteiger partial charge in [-0.25, -0.2) is 0 Å². The maximum atomic E-state index is 12.6. The van der Waals surface area contributed by atoms with Crippen LogP contribution in [0.3, 0.4) is 0 Å². The molecule has 1 amide bonds. The number of ether oxygens (including phenoxy) is 1. The average molecular weight is 362 g/mol. The third-order valence-corrected chi connectivity index (χ3v) is 5.08. The van der Waals surface area contributed by atoms with Gasteiger partial charge in [-0.3, -0.25) is 4.79 Å². The number of nitrogens with zero attached hydrogens (tertiary/aromatic N) is 1. The fourth-order valence-electron chi connectivity index (χ4n) is 3.50. The number of amides is 1. The summed E-state index contributed by atoms with van der Waals surface area (Å²) in [5, 5.41) is 6.97. The molecule has 4 rings (SSSR count). The van der Waals surface area contributed by atoms with Crippen molar-refractivity contribution in [3.8, 4) is 5.75 Å². The molecule has 1 aromatic heterocycles. The molecular weight excluding hydrogens is 340 g/mol. The number of fused-ring (bicyclic) bond motifs is 1. The van der Waals surface area contributed by atoms with Gasteiger partial charge in [0.2, 0.25) is 0 Å². The highest BCUT2D eigenvalue weighted by atomic mass is 16.5. The quantitative estimate of drug-likeness (QED) is 0.720. The smallest absolute Gasteiger partial charge is 0.255 e. The number of aromatic nitrogens is 1. The van der Waals surface area contributed by atoms with Crippen LogP contribution in [0.25, 0.3) is 0 Å².